The first-order valence-corrected chi connectivity index (χ1v) is 5.73. The van der Waals surface area contributed by atoms with Crippen molar-refractivity contribution in [3.63, 3.8) is 0 Å². The summed E-state index contributed by atoms with van der Waals surface area (Å²) in [6.07, 6.45) is 2.72. The van der Waals surface area contributed by atoms with E-state index < -0.39 is 0 Å². The number of hydrogen-bond acceptors (Lipinski definition) is 3. The molecular formula is C13H19NO2. The summed E-state index contributed by atoms with van der Waals surface area (Å²) in [6, 6.07) is 3.82. The molecule has 0 aliphatic heterocycles. The molecule has 1 saturated carbocycles. The second kappa shape index (κ2) is 3.96. The van der Waals surface area contributed by atoms with Gasteiger partial charge >= 0.3 is 0 Å². The summed E-state index contributed by atoms with van der Waals surface area (Å²) < 4.78 is 11.0. The molecule has 3 nitrogen and oxygen atoms in total. The number of nitrogens with zero attached hydrogens (tertiary/aromatic N) is 1. The number of methoxy groups -OCH3 is 1. The van der Waals surface area contributed by atoms with E-state index in [0.717, 1.165) is 24.3 Å². The van der Waals surface area contributed by atoms with Gasteiger partial charge in [-0.3, -0.25) is 0 Å². The van der Waals surface area contributed by atoms with Crippen molar-refractivity contribution in [2.45, 2.75) is 45.1 Å². The Morgan fingerprint density at radius 3 is 2.44 bits per heavy atom. The zero-order valence-electron chi connectivity index (χ0n) is 10.4. The average molecular weight is 221 g/mol. The van der Waals surface area contributed by atoms with E-state index in [9.17, 15) is 0 Å². The van der Waals surface area contributed by atoms with Crippen LogP contribution < -0.4 is 9.47 Å². The molecule has 1 fully saturated rings. The van der Waals surface area contributed by atoms with Crippen LogP contribution in [-0.2, 0) is 5.41 Å². The molecule has 0 aromatic carbocycles. The third-order valence-corrected chi connectivity index (χ3v) is 2.57. The molecule has 0 unspecified atom stereocenters. The topological polar surface area (TPSA) is 31.4 Å². The Hall–Kier alpha value is -1.25. The lowest BCUT2D eigenvalue weighted by Crippen LogP contribution is -2.16. The van der Waals surface area contributed by atoms with E-state index in [1.165, 1.54) is 0 Å². The van der Waals surface area contributed by atoms with Gasteiger partial charge in [0.15, 0.2) is 0 Å². The Labute approximate surface area is 96.8 Å². The van der Waals surface area contributed by atoms with Gasteiger partial charge in [0.05, 0.1) is 18.9 Å². The van der Waals surface area contributed by atoms with Gasteiger partial charge < -0.3 is 9.47 Å². The van der Waals surface area contributed by atoms with Crippen LogP contribution in [0.3, 0.4) is 0 Å². The van der Waals surface area contributed by atoms with Gasteiger partial charge in [0, 0.05) is 11.5 Å². The molecule has 0 amide bonds. The Balaban J connectivity index is 2.33. The molecule has 0 atom stereocenters. The molecule has 16 heavy (non-hydrogen) atoms. The highest BCUT2D eigenvalue weighted by molar-refractivity contribution is 5.36. The van der Waals surface area contributed by atoms with Crippen molar-refractivity contribution in [2.24, 2.45) is 0 Å². The van der Waals surface area contributed by atoms with E-state index in [4.69, 9.17) is 9.47 Å². The standard InChI is InChI=1S/C13H19NO2/c1-13(2,3)12-10(16-9-5-6-9)7-8-11(14-12)15-4/h7-9H,5-6H2,1-4H3. The fraction of sp³-hybridized carbons (Fsp3) is 0.615. The molecule has 0 N–H and O–H groups in total. The highest BCUT2D eigenvalue weighted by atomic mass is 16.5. The lowest BCUT2D eigenvalue weighted by Gasteiger charge is -2.21. The second-order valence-corrected chi connectivity index (χ2v) is 5.27. The van der Waals surface area contributed by atoms with Crippen LogP contribution in [0.5, 0.6) is 11.6 Å². The maximum atomic E-state index is 5.86. The number of pyridine rings is 1. The normalized spacial score (nSPS) is 16.0. The van der Waals surface area contributed by atoms with Crippen molar-refractivity contribution in [2.75, 3.05) is 7.11 Å². The SMILES string of the molecule is COc1ccc(OC2CC2)c(C(C)(C)C)n1. The molecule has 3 heteroatoms. The van der Waals surface area contributed by atoms with E-state index >= 15 is 0 Å². The van der Waals surface area contributed by atoms with Crippen molar-refractivity contribution in [1.29, 1.82) is 0 Å². The van der Waals surface area contributed by atoms with Gasteiger partial charge in [-0.05, 0) is 18.9 Å². The van der Waals surface area contributed by atoms with Gasteiger partial charge in [0.25, 0.3) is 0 Å². The first kappa shape index (κ1) is 11.2. The number of ether oxygens (including phenoxy) is 2. The van der Waals surface area contributed by atoms with Crippen LogP contribution in [0.25, 0.3) is 0 Å². The summed E-state index contributed by atoms with van der Waals surface area (Å²) in [5.74, 6) is 1.55. The Morgan fingerprint density at radius 1 is 1.25 bits per heavy atom. The predicted molar refractivity (Wildman–Crippen MR) is 63.1 cm³/mol. The molecule has 0 saturated heterocycles. The first-order chi connectivity index (χ1) is 7.50. The highest BCUT2D eigenvalue weighted by Crippen LogP contribution is 2.35. The van der Waals surface area contributed by atoms with E-state index in [-0.39, 0.29) is 5.41 Å². The summed E-state index contributed by atoms with van der Waals surface area (Å²) in [7, 11) is 1.64. The summed E-state index contributed by atoms with van der Waals surface area (Å²) in [5, 5.41) is 0. The fourth-order valence-electron chi connectivity index (χ4n) is 1.54. The minimum Gasteiger partial charge on any atom is -0.488 e. The molecule has 0 bridgehead atoms. The molecule has 2 rings (SSSR count). The third-order valence-electron chi connectivity index (χ3n) is 2.57. The van der Waals surface area contributed by atoms with Crippen LogP contribution in [0.15, 0.2) is 12.1 Å². The Morgan fingerprint density at radius 2 is 1.94 bits per heavy atom. The van der Waals surface area contributed by atoms with Gasteiger partial charge in [-0.15, -0.1) is 0 Å². The van der Waals surface area contributed by atoms with Crippen molar-refractivity contribution < 1.29 is 9.47 Å². The van der Waals surface area contributed by atoms with E-state index in [1.54, 1.807) is 7.11 Å². The minimum atomic E-state index is -0.0290. The summed E-state index contributed by atoms with van der Waals surface area (Å²) in [5.41, 5.74) is 0.942. The third kappa shape index (κ3) is 2.46. The Bertz CT molecular complexity index is 378. The van der Waals surface area contributed by atoms with Crippen molar-refractivity contribution in [3.8, 4) is 11.6 Å². The maximum absolute atomic E-state index is 5.86. The summed E-state index contributed by atoms with van der Waals surface area (Å²) in [6.45, 7) is 6.40. The van der Waals surface area contributed by atoms with Crippen molar-refractivity contribution in [1.82, 2.24) is 4.98 Å². The molecule has 1 aliphatic carbocycles. The Kier molecular flexibility index (Phi) is 2.78. The first-order valence-electron chi connectivity index (χ1n) is 5.73. The lowest BCUT2D eigenvalue weighted by molar-refractivity contribution is 0.289. The molecule has 0 radical (unpaired) electrons. The van der Waals surface area contributed by atoms with Gasteiger partial charge in [-0.25, -0.2) is 4.98 Å². The van der Waals surface area contributed by atoms with Gasteiger partial charge in [0.1, 0.15) is 5.75 Å². The summed E-state index contributed by atoms with van der Waals surface area (Å²) >= 11 is 0. The summed E-state index contributed by atoms with van der Waals surface area (Å²) in [4.78, 5) is 4.50. The predicted octanol–water partition coefficient (Wildman–Crippen LogP) is 2.93. The average Bonchev–Trinajstić information content (AvgIpc) is 3.01. The lowest BCUT2D eigenvalue weighted by atomic mass is 9.91. The maximum Gasteiger partial charge on any atom is 0.213 e. The van der Waals surface area contributed by atoms with Crippen LogP contribution in [0, 0.1) is 0 Å². The molecule has 88 valence electrons. The van der Waals surface area contributed by atoms with Crippen LogP contribution >= 0.6 is 0 Å². The quantitative estimate of drug-likeness (QED) is 0.786. The van der Waals surface area contributed by atoms with E-state index in [0.29, 0.717) is 12.0 Å². The zero-order valence-corrected chi connectivity index (χ0v) is 10.4. The molecule has 1 aromatic heterocycles. The number of aromatic nitrogens is 1. The number of rotatable bonds is 3. The van der Waals surface area contributed by atoms with E-state index in [2.05, 4.69) is 25.8 Å². The molecule has 1 aliphatic rings. The van der Waals surface area contributed by atoms with E-state index in [1.807, 2.05) is 12.1 Å². The molecule has 0 spiro atoms. The highest BCUT2D eigenvalue weighted by Gasteiger charge is 2.28. The molecule has 1 aromatic rings. The second-order valence-electron chi connectivity index (χ2n) is 5.27. The number of hydrogen-bond donors (Lipinski definition) is 0. The van der Waals surface area contributed by atoms with Gasteiger partial charge in [0.2, 0.25) is 5.88 Å². The largest absolute Gasteiger partial charge is 0.488 e. The minimum absolute atomic E-state index is 0.0290. The van der Waals surface area contributed by atoms with Gasteiger partial charge in [-0.2, -0.15) is 0 Å². The molecule has 1 heterocycles. The van der Waals surface area contributed by atoms with Crippen molar-refractivity contribution >= 4 is 0 Å². The fourth-order valence-corrected chi connectivity index (χ4v) is 1.54. The zero-order chi connectivity index (χ0) is 11.8. The van der Waals surface area contributed by atoms with Crippen LogP contribution in [0.1, 0.15) is 39.3 Å². The van der Waals surface area contributed by atoms with Gasteiger partial charge in [-0.1, -0.05) is 20.8 Å². The van der Waals surface area contributed by atoms with Crippen LogP contribution in [-0.4, -0.2) is 18.2 Å². The van der Waals surface area contributed by atoms with Crippen LogP contribution in [0.2, 0.25) is 0 Å². The molecular weight excluding hydrogens is 202 g/mol. The smallest absolute Gasteiger partial charge is 0.213 e. The van der Waals surface area contributed by atoms with Crippen LogP contribution in [0.4, 0.5) is 0 Å². The monoisotopic (exact) mass is 221 g/mol. The van der Waals surface area contributed by atoms with Crippen molar-refractivity contribution in [3.05, 3.63) is 17.8 Å².